The highest BCUT2D eigenvalue weighted by Crippen LogP contribution is 2.38. The number of benzene rings is 5. The first-order valence-electron chi connectivity index (χ1n) is 23.4. The number of aliphatic hydroxyl groups is 1. The Balaban J connectivity index is 0.980. The van der Waals surface area contributed by atoms with Crippen molar-refractivity contribution < 1.29 is 46.2 Å². The number of halogens is 1. The number of aliphatic hydroxyl groups excluding tert-OH is 1. The number of nitrogens with one attached hydrogen (secondary N) is 2. The number of hydrogen-bond acceptors (Lipinski definition) is 13. The Kier molecular flexibility index (Phi) is 18.1. The van der Waals surface area contributed by atoms with Gasteiger partial charge in [0.05, 0.1) is 21.6 Å². The molecule has 0 bridgehead atoms. The molecule has 70 heavy (non-hydrogen) atoms. The predicted octanol–water partition coefficient (Wildman–Crippen LogP) is 8.70. The molecule has 18 heteroatoms. The number of esters is 1. The molecule has 3 atom stereocenters. The molecule has 2 aliphatic rings. The number of aliphatic carboxylic acids is 1. The van der Waals surface area contributed by atoms with E-state index in [1.54, 1.807) is 36.0 Å². The molecule has 4 N–H and O–H groups in total. The number of amides is 1. The number of ether oxygens (including phenoxy) is 1. The number of hydrogen-bond donors (Lipinski definition) is 4. The van der Waals surface area contributed by atoms with Gasteiger partial charge in [-0.3, -0.25) is 19.3 Å². The number of sulfone groups is 1. The highest BCUT2D eigenvalue weighted by atomic mass is 35.5. The lowest BCUT2D eigenvalue weighted by Gasteiger charge is -2.36. The van der Waals surface area contributed by atoms with Crippen LogP contribution in [0.4, 0.5) is 11.4 Å². The molecule has 0 aromatic heterocycles. The summed E-state index contributed by atoms with van der Waals surface area (Å²) < 4.78 is 61.7. The van der Waals surface area contributed by atoms with Crippen LogP contribution in [0.2, 0.25) is 5.02 Å². The third-order valence-corrected chi connectivity index (χ3v) is 16.7. The molecule has 0 aliphatic carbocycles. The Hall–Kier alpha value is -5.43. The van der Waals surface area contributed by atoms with E-state index in [0.29, 0.717) is 36.8 Å². The molecule has 5 aromatic rings. The number of carboxylic acid groups (broad SMARTS) is 1. The molecular weight excluding hydrogens is 972 g/mol. The molecule has 7 rings (SSSR count). The second kappa shape index (κ2) is 24.1. The van der Waals surface area contributed by atoms with Crippen molar-refractivity contribution in [2.75, 3.05) is 55.0 Å². The maximum Gasteiger partial charge on any atom is 0.305 e. The van der Waals surface area contributed by atoms with Crippen LogP contribution in [0.25, 0.3) is 11.1 Å². The van der Waals surface area contributed by atoms with Gasteiger partial charge in [0, 0.05) is 77.7 Å². The van der Waals surface area contributed by atoms with Crippen LogP contribution in [0.15, 0.2) is 136 Å². The molecule has 0 saturated carbocycles. The fraction of sp³-hybridized carbons (Fsp3) is 0.365. The number of thioether (sulfide) groups is 1. The summed E-state index contributed by atoms with van der Waals surface area (Å²) >= 11 is 7.72. The van der Waals surface area contributed by atoms with Crippen LogP contribution in [-0.4, -0.2) is 107 Å². The summed E-state index contributed by atoms with van der Waals surface area (Å²) in [6.07, 6.45) is 4.32. The zero-order valence-corrected chi connectivity index (χ0v) is 42.1. The number of rotatable bonds is 22. The Morgan fingerprint density at radius 2 is 1.54 bits per heavy atom. The van der Waals surface area contributed by atoms with Crippen molar-refractivity contribution >= 4 is 72.4 Å². The summed E-state index contributed by atoms with van der Waals surface area (Å²) in [7, 11) is -8.52. The van der Waals surface area contributed by atoms with Gasteiger partial charge < -0.3 is 25.2 Å². The zero-order valence-electron chi connectivity index (χ0n) is 38.9. The Bertz CT molecular complexity index is 2810. The average molecular weight is 1030 g/mol. The Morgan fingerprint density at radius 3 is 2.24 bits per heavy atom. The summed E-state index contributed by atoms with van der Waals surface area (Å²) in [6, 6.07) is 35.4. The quantitative estimate of drug-likeness (QED) is 0.0379. The van der Waals surface area contributed by atoms with E-state index in [-0.39, 0.29) is 64.9 Å². The topological polar surface area (TPSA) is 200 Å². The number of sulfonamides is 1. The fourth-order valence-electron chi connectivity index (χ4n) is 9.15. The summed E-state index contributed by atoms with van der Waals surface area (Å²) in [5.41, 5.74) is 3.98. The minimum atomic E-state index is -4.53. The average Bonchev–Trinajstić information content (AvgIpc) is 3.79. The molecule has 1 amide bonds. The maximum atomic E-state index is 13.7. The van der Waals surface area contributed by atoms with E-state index in [9.17, 15) is 36.3 Å². The summed E-state index contributed by atoms with van der Waals surface area (Å²) in [5, 5.41) is 24.5. The number of likely N-dealkylation sites (tertiary alicyclic amines) is 1. The van der Waals surface area contributed by atoms with Gasteiger partial charge in [0.15, 0.2) is 9.84 Å². The van der Waals surface area contributed by atoms with E-state index in [0.717, 1.165) is 71.8 Å². The van der Waals surface area contributed by atoms with Gasteiger partial charge in [0.2, 0.25) is 0 Å². The van der Waals surface area contributed by atoms with Crippen molar-refractivity contribution in [1.82, 2.24) is 9.62 Å². The smallest absolute Gasteiger partial charge is 0.305 e. The zero-order chi connectivity index (χ0) is 49.8. The van der Waals surface area contributed by atoms with Gasteiger partial charge in [-0.15, -0.1) is 11.8 Å². The third-order valence-electron chi connectivity index (χ3n) is 12.8. The van der Waals surface area contributed by atoms with Gasteiger partial charge in [-0.2, -0.15) is 0 Å². The van der Waals surface area contributed by atoms with Crippen molar-refractivity contribution in [2.45, 2.75) is 84.2 Å². The monoisotopic (exact) mass is 1030 g/mol. The lowest BCUT2D eigenvalue weighted by atomic mass is 9.84. The molecule has 14 nitrogen and oxygen atoms in total. The molecular formula is C52H59ClN4O10S3. The van der Waals surface area contributed by atoms with Crippen LogP contribution in [0.3, 0.4) is 0 Å². The highest BCUT2D eigenvalue weighted by Gasteiger charge is 2.31. The molecule has 372 valence electrons. The highest BCUT2D eigenvalue weighted by molar-refractivity contribution is 7.99. The molecule has 0 spiro atoms. The van der Waals surface area contributed by atoms with Crippen LogP contribution >= 0.6 is 23.4 Å². The van der Waals surface area contributed by atoms with E-state index in [1.165, 1.54) is 12.1 Å². The number of carbonyl (C=O) groups is 3. The van der Waals surface area contributed by atoms with Crippen LogP contribution in [0, 0.1) is 5.92 Å². The first-order chi connectivity index (χ1) is 33.5. The molecule has 0 radical (unpaired) electrons. The van der Waals surface area contributed by atoms with Crippen molar-refractivity contribution in [3.63, 3.8) is 0 Å². The minimum Gasteiger partial charge on any atom is -0.481 e. The maximum absolute atomic E-state index is 13.7. The largest absolute Gasteiger partial charge is 0.481 e. The molecule has 2 fully saturated rings. The lowest BCUT2D eigenvalue weighted by molar-refractivity contribution is -0.144. The first-order valence-corrected chi connectivity index (χ1v) is 28.1. The minimum absolute atomic E-state index is 0.0264. The lowest BCUT2D eigenvalue weighted by Crippen LogP contribution is -2.38. The SMILES string of the molecule is CS(=O)(=O)c1cc(S(=O)(=O)NC(=O)c2ccc(N3CCC([C@@H](O)c4ccccc4-c4ccc(Cl)cc4)CC3)cc2)ccc1N[C@@H](CSc1ccccc1)C[C@@H]1CCCN1CCOC(=O)CCCC(=O)O. The molecule has 0 unspecified atom stereocenters. The van der Waals surface area contributed by atoms with Crippen molar-refractivity contribution in [3.8, 4) is 11.1 Å². The predicted molar refractivity (Wildman–Crippen MR) is 274 cm³/mol. The van der Waals surface area contributed by atoms with Crippen molar-refractivity contribution in [2.24, 2.45) is 5.92 Å². The van der Waals surface area contributed by atoms with E-state index >= 15 is 0 Å². The van der Waals surface area contributed by atoms with E-state index in [2.05, 4.69) is 19.8 Å². The van der Waals surface area contributed by atoms with Crippen molar-refractivity contribution in [1.29, 1.82) is 0 Å². The first kappa shape index (κ1) is 52.4. The molecule has 5 aromatic carbocycles. The summed E-state index contributed by atoms with van der Waals surface area (Å²) in [5.74, 6) is -1.71. The number of piperidine rings is 1. The number of carboxylic acids is 1. The van der Waals surface area contributed by atoms with E-state index in [1.807, 2.05) is 78.9 Å². The van der Waals surface area contributed by atoms with Crippen LogP contribution in [0.1, 0.15) is 73.4 Å². The third kappa shape index (κ3) is 14.3. The van der Waals surface area contributed by atoms with Crippen molar-refractivity contribution in [3.05, 3.63) is 137 Å². The van der Waals surface area contributed by atoms with Crippen LogP contribution < -0.4 is 14.9 Å². The second-order valence-electron chi connectivity index (χ2n) is 17.8. The van der Waals surface area contributed by atoms with Gasteiger partial charge in [-0.25, -0.2) is 21.6 Å². The summed E-state index contributed by atoms with van der Waals surface area (Å²) in [4.78, 5) is 41.2. The van der Waals surface area contributed by atoms with E-state index < -0.39 is 43.8 Å². The number of carbonyl (C=O) groups excluding carboxylic acids is 2. The fourth-order valence-corrected chi connectivity index (χ4v) is 12.2. The number of nitrogens with zero attached hydrogens (tertiary/aromatic N) is 2. The second-order valence-corrected chi connectivity index (χ2v) is 23.0. The molecule has 2 aliphatic heterocycles. The van der Waals surface area contributed by atoms with Gasteiger partial charge in [0.1, 0.15) is 6.61 Å². The van der Waals surface area contributed by atoms with Gasteiger partial charge >= 0.3 is 11.9 Å². The summed E-state index contributed by atoms with van der Waals surface area (Å²) in [6.45, 7) is 2.76. The van der Waals surface area contributed by atoms with E-state index in [4.69, 9.17) is 21.4 Å². The van der Waals surface area contributed by atoms with Gasteiger partial charge in [-0.05, 0) is 134 Å². The molecule has 2 saturated heterocycles. The number of anilines is 2. The standard InChI is InChI=1S/C52H59ClN4O10S3/c1-69(63,64)48-34-44(24-25-47(48)54-40(35-68-43-10-3-2-4-11-43)33-42-9-8-28-56(42)31-32-67-50(60)15-7-14-49(58)59)70(65,66)55-52(62)38-18-22-41(23-19-38)57-29-26-37(27-30-57)51(61)46-13-6-5-12-45(46)36-16-20-39(53)21-17-36/h2-6,10-13,16-25,34,37,40,42,51,54,61H,7-9,14-15,26-33,35H2,1H3,(H,55,62)(H,58,59)/t40-,42+,51-/m1/s1. The van der Waals surface area contributed by atoms with Gasteiger partial charge in [0.25, 0.3) is 15.9 Å². The Labute approximate surface area is 419 Å². The van der Waals surface area contributed by atoms with Gasteiger partial charge in [-0.1, -0.05) is 66.2 Å². The molecule has 2 heterocycles. The van der Waals surface area contributed by atoms with Crippen LogP contribution in [-0.2, 0) is 34.2 Å². The normalized spacial score (nSPS) is 16.6. The Morgan fingerprint density at radius 1 is 0.843 bits per heavy atom. The van der Waals surface area contributed by atoms with Crippen LogP contribution in [0.5, 0.6) is 0 Å².